The number of nitrogens with zero attached hydrogens (tertiary/aromatic N) is 2. The van der Waals surface area contributed by atoms with Crippen LogP contribution < -0.4 is 0 Å². The van der Waals surface area contributed by atoms with Crippen LogP contribution in [0.1, 0.15) is 0 Å². The molecule has 0 aliphatic heterocycles. The van der Waals surface area contributed by atoms with E-state index in [1.165, 1.54) is 109 Å². The van der Waals surface area contributed by atoms with Crippen molar-refractivity contribution in [1.29, 1.82) is 0 Å². The zero-order chi connectivity index (χ0) is 55.2. The molecule has 15 aromatic carbocycles. The molecule has 2 heterocycles. The van der Waals surface area contributed by atoms with E-state index in [1.807, 2.05) is 0 Å². The third-order valence-electron chi connectivity index (χ3n) is 17.6. The molecule has 0 unspecified atom stereocenters. The summed E-state index contributed by atoms with van der Waals surface area (Å²) in [7, 11) is 0. The Balaban J connectivity index is 1.12. The van der Waals surface area contributed by atoms with Gasteiger partial charge in [0, 0.05) is 32.7 Å². The van der Waals surface area contributed by atoms with E-state index in [0.29, 0.717) is 0 Å². The normalized spacial score (nSPS) is 11.8. The Morgan fingerprint density at radius 2 is 0.429 bits per heavy atom. The van der Waals surface area contributed by atoms with Crippen LogP contribution in [0.2, 0.25) is 0 Å². The van der Waals surface area contributed by atoms with E-state index < -0.39 is 0 Å². The molecule has 0 saturated carbocycles. The lowest BCUT2D eigenvalue weighted by molar-refractivity contribution is 1.15. The van der Waals surface area contributed by atoms with Gasteiger partial charge in [0.25, 0.3) is 0 Å². The molecule has 2 nitrogen and oxygen atoms in total. The van der Waals surface area contributed by atoms with Gasteiger partial charge in [-0.2, -0.15) is 0 Å². The minimum Gasteiger partial charge on any atom is -0.308 e. The van der Waals surface area contributed by atoms with Gasteiger partial charge in [-0.1, -0.05) is 279 Å². The Morgan fingerprint density at radius 3 is 0.774 bits per heavy atom. The van der Waals surface area contributed by atoms with Crippen molar-refractivity contribution in [3.63, 3.8) is 0 Å². The number of aromatic nitrogens is 2. The van der Waals surface area contributed by atoms with E-state index in [1.54, 1.807) is 0 Å². The first-order chi connectivity index (χ1) is 41.7. The van der Waals surface area contributed by atoms with Gasteiger partial charge < -0.3 is 9.13 Å². The first kappa shape index (κ1) is 47.7. The zero-order valence-electron chi connectivity index (χ0n) is 45.9. The molecule has 2 aromatic heterocycles. The van der Waals surface area contributed by atoms with Crippen molar-refractivity contribution in [1.82, 2.24) is 9.13 Å². The molecule has 0 bridgehead atoms. The molecule has 0 saturated heterocycles. The fraction of sp³-hybridized carbons (Fsp3) is 0. The van der Waals surface area contributed by atoms with Gasteiger partial charge in [0.05, 0.1) is 33.8 Å². The van der Waals surface area contributed by atoms with Crippen molar-refractivity contribution in [3.8, 4) is 78.4 Å². The lowest BCUT2D eigenvalue weighted by Crippen LogP contribution is -2.00. The number of hydrogen-bond donors (Lipinski definition) is 0. The van der Waals surface area contributed by atoms with Crippen LogP contribution in [0.15, 0.2) is 315 Å². The predicted octanol–water partition coefficient (Wildman–Crippen LogP) is 22.5. The SMILES string of the molecule is c1ccc(-c2c3cc4c(-c5ccccc5)c(-c5ccccc5)n(-c5cc6ccccc6c6ccccc56)c4cc3c(-c3ccccc3)c3cc4c(-c5ccccc5)c(-c5ccccc5)n(-c5cc6ccccc6c6ccccc56)c4cc23)cc1. The van der Waals surface area contributed by atoms with E-state index in [-0.39, 0.29) is 0 Å². The Bertz CT molecular complexity index is 5090. The Labute approximate surface area is 486 Å². The van der Waals surface area contributed by atoms with Crippen molar-refractivity contribution < 1.29 is 0 Å². The lowest BCUT2D eigenvalue weighted by atomic mass is 9.84. The van der Waals surface area contributed by atoms with Gasteiger partial charge in [0.15, 0.2) is 0 Å². The van der Waals surface area contributed by atoms with E-state index in [2.05, 4.69) is 325 Å². The second kappa shape index (κ2) is 19.3. The summed E-state index contributed by atoms with van der Waals surface area (Å²) in [4.78, 5) is 0. The average molecular weight is 1070 g/mol. The minimum atomic E-state index is 1.14. The summed E-state index contributed by atoms with van der Waals surface area (Å²) < 4.78 is 5.19. The van der Waals surface area contributed by atoms with Crippen molar-refractivity contribution in [3.05, 3.63) is 315 Å². The smallest absolute Gasteiger partial charge is 0.0619 e. The molecule has 0 radical (unpaired) electrons. The molecule has 2 heteroatoms. The summed E-state index contributed by atoms with van der Waals surface area (Å²) in [6.07, 6.45) is 0. The topological polar surface area (TPSA) is 9.86 Å². The van der Waals surface area contributed by atoms with Crippen LogP contribution in [0.3, 0.4) is 0 Å². The predicted molar refractivity (Wildman–Crippen MR) is 358 cm³/mol. The average Bonchev–Trinajstić information content (AvgIpc) is 1.59. The molecule has 84 heavy (non-hydrogen) atoms. The van der Waals surface area contributed by atoms with E-state index in [4.69, 9.17) is 0 Å². The highest BCUT2D eigenvalue weighted by atomic mass is 15.0. The maximum Gasteiger partial charge on any atom is 0.0619 e. The Hall–Kier alpha value is -11.1. The molecule has 0 aliphatic carbocycles. The van der Waals surface area contributed by atoms with Crippen molar-refractivity contribution >= 4 is 86.4 Å². The van der Waals surface area contributed by atoms with Crippen LogP contribution in [0.25, 0.3) is 165 Å². The van der Waals surface area contributed by atoms with E-state index in [0.717, 1.165) is 56.0 Å². The lowest BCUT2D eigenvalue weighted by Gasteiger charge is -2.20. The number of hydrogen-bond acceptors (Lipinski definition) is 0. The quantitative estimate of drug-likeness (QED) is 0.106. The monoisotopic (exact) mass is 1060 g/mol. The van der Waals surface area contributed by atoms with Crippen LogP contribution in [0.5, 0.6) is 0 Å². The van der Waals surface area contributed by atoms with Gasteiger partial charge in [0.2, 0.25) is 0 Å². The summed E-state index contributed by atoms with van der Waals surface area (Å²) in [5.74, 6) is 0. The molecule has 17 aromatic rings. The van der Waals surface area contributed by atoms with Gasteiger partial charge in [-0.3, -0.25) is 0 Å². The first-order valence-electron chi connectivity index (χ1n) is 29.1. The first-order valence-corrected chi connectivity index (χ1v) is 29.1. The van der Waals surface area contributed by atoms with Crippen molar-refractivity contribution in [2.75, 3.05) is 0 Å². The molecular weight excluding hydrogens is 1010 g/mol. The van der Waals surface area contributed by atoms with Crippen LogP contribution in [-0.2, 0) is 0 Å². The van der Waals surface area contributed by atoms with Gasteiger partial charge >= 0.3 is 0 Å². The van der Waals surface area contributed by atoms with Crippen molar-refractivity contribution in [2.45, 2.75) is 0 Å². The van der Waals surface area contributed by atoms with Crippen LogP contribution in [0, 0.1) is 0 Å². The molecule has 0 fully saturated rings. The molecule has 17 rings (SSSR count). The Morgan fingerprint density at radius 1 is 0.167 bits per heavy atom. The summed E-state index contributed by atoms with van der Waals surface area (Å²) >= 11 is 0. The van der Waals surface area contributed by atoms with Crippen LogP contribution >= 0.6 is 0 Å². The van der Waals surface area contributed by atoms with E-state index in [9.17, 15) is 0 Å². The largest absolute Gasteiger partial charge is 0.308 e. The van der Waals surface area contributed by atoms with E-state index >= 15 is 0 Å². The molecule has 0 atom stereocenters. The van der Waals surface area contributed by atoms with Crippen LogP contribution in [0.4, 0.5) is 0 Å². The number of fused-ring (bicyclic) bond motifs is 10. The van der Waals surface area contributed by atoms with Gasteiger partial charge in [-0.25, -0.2) is 0 Å². The Kier molecular flexibility index (Phi) is 11.0. The van der Waals surface area contributed by atoms with Gasteiger partial charge in [-0.15, -0.1) is 0 Å². The summed E-state index contributed by atoms with van der Waals surface area (Å²) in [5.41, 5.74) is 18.6. The molecule has 0 spiro atoms. The minimum absolute atomic E-state index is 1.14. The summed E-state index contributed by atoms with van der Waals surface area (Å²) in [5, 5.41) is 16.9. The molecular formula is C82H52N2. The summed E-state index contributed by atoms with van der Waals surface area (Å²) in [6, 6.07) is 117. The molecule has 0 amide bonds. The molecule has 390 valence electrons. The third kappa shape index (κ3) is 7.37. The van der Waals surface area contributed by atoms with Gasteiger partial charge in [0.1, 0.15) is 0 Å². The standard InChI is InChI=1S/C82H52N2/c1-7-27-53(28-8-1)77-67-49-71-76(84(74-48-60-40-20-22-42-62(60)64-44-24-26-46-66(64)74)81(57-35-15-5-16-36-57)79(71)55-31-11-3-12-32-55)52-70(67)78(54-29-9-2-10-30-54)68-50-72-75(51-69(68)77)83(73-47-59-39-19-21-41-61(59)63-43-23-25-45-65(63)73)82(58-37-17-6-18-38-58)80(72)56-33-13-4-14-34-56/h1-52H. The maximum absolute atomic E-state index is 2.60. The summed E-state index contributed by atoms with van der Waals surface area (Å²) in [6.45, 7) is 0. The third-order valence-corrected chi connectivity index (χ3v) is 17.6. The highest BCUT2D eigenvalue weighted by Crippen LogP contribution is 2.53. The number of rotatable bonds is 8. The fourth-order valence-electron chi connectivity index (χ4n) is 14.1. The molecule has 0 N–H and O–H groups in total. The van der Waals surface area contributed by atoms with Crippen molar-refractivity contribution in [2.24, 2.45) is 0 Å². The van der Waals surface area contributed by atoms with Crippen LogP contribution in [-0.4, -0.2) is 9.13 Å². The second-order valence-electron chi connectivity index (χ2n) is 22.2. The second-order valence-corrected chi connectivity index (χ2v) is 22.2. The molecule has 0 aliphatic rings. The fourth-order valence-corrected chi connectivity index (χ4v) is 14.1. The maximum atomic E-state index is 2.60. The number of benzene rings is 15. The van der Waals surface area contributed by atoms with Gasteiger partial charge in [-0.05, 0) is 135 Å². The highest BCUT2D eigenvalue weighted by molar-refractivity contribution is 6.28. The highest BCUT2D eigenvalue weighted by Gasteiger charge is 2.29. The zero-order valence-corrected chi connectivity index (χ0v) is 45.9.